The third kappa shape index (κ3) is 1.84. The quantitative estimate of drug-likeness (QED) is 0.841. The lowest BCUT2D eigenvalue weighted by atomic mass is 9.96. The van der Waals surface area contributed by atoms with Gasteiger partial charge < -0.3 is 4.74 Å². The Bertz CT molecular complexity index is 681. The summed E-state index contributed by atoms with van der Waals surface area (Å²) in [5.74, 6) is 0.689. The van der Waals surface area contributed by atoms with E-state index in [-0.39, 0.29) is 5.41 Å². The van der Waals surface area contributed by atoms with Crippen LogP contribution in [0.5, 0.6) is 5.88 Å². The summed E-state index contributed by atoms with van der Waals surface area (Å²) in [6, 6.07) is 10.7. The van der Waals surface area contributed by atoms with Gasteiger partial charge in [-0.05, 0) is 37.0 Å². The number of ether oxygens (including phenoxy) is 1. The molecule has 96 valence electrons. The molecule has 1 aromatic heterocycles. The number of aryl methyl sites for hydroxylation is 1. The second-order valence-electron chi connectivity index (χ2n) is 5.11. The highest BCUT2D eigenvalue weighted by molar-refractivity contribution is 5.81. The molecule has 0 radical (unpaired) electrons. The van der Waals surface area contributed by atoms with E-state index in [2.05, 4.69) is 36.2 Å². The number of aromatic nitrogens is 1. The van der Waals surface area contributed by atoms with E-state index in [0.717, 1.165) is 41.3 Å². The van der Waals surface area contributed by atoms with Crippen molar-refractivity contribution in [3.63, 3.8) is 0 Å². The second-order valence-corrected chi connectivity index (χ2v) is 5.11. The molecule has 3 rings (SSSR count). The monoisotopic (exact) mass is 252 g/mol. The molecule has 19 heavy (non-hydrogen) atoms. The van der Waals surface area contributed by atoms with E-state index in [9.17, 15) is 5.26 Å². The molecule has 1 aliphatic rings. The summed E-state index contributed by atoms with van der Waals surface area (Å²) in [6.07, 6.45) is 2.81. The second kappa shape index (κ2) is 4.24. The lowest BCUT2D eigenvalue weighted by Gasteiger charge is -2.10. The topological polar surface area (TPSA) is 45.9 Å². The summed E-state index contributed by atoms with van der Waals surface area (Å²) < 4.78 is 5.34. The van der Waals surface area contributed by atoms with Gasteiger partial charge in [-0.2, -0.15) is 5.26 Å². The Hall–Kier alpha value is -2.08. The van der Waals surface area contributed by atoms with Crippen molar-refractivity contribution in [3.8, 4) is 11.9 Å². The van der Waals surface area contributed by atoms with Crippen LogP contribution < -0.4 is 4.74 Å². The van der Waals surface area contributed by atoms with E-state index in [1.807, 2.05) is 6.07 Å². The molecular weight excluding hydrogens is 236 g/mol. The number of fused-ring (bicyclic) bond motifs is 1. The van der Waals surface area contributed by atoms with Crippen molar-refractivity contribution in [2.75, 3.05) is 7.11 Å². The minimum Gasteiger partial charge on any atom is -0.481 e. The molecule has 1 fully saturated rings. The van der Waals surface area contributed by atoms with E-state index >= 15 is 0 Å². The first-order chi connectivity index (χ1) is 9.22. The van der Waals surface area contributed by atoms with Crippen LogP contribution >= 0.6 is 0 Å². The molecule has 0 aliphatic heterocycles. The molecule has 1 aliphatic carbocycles. The van der Waals surface area contributed by atoms with Gasteiger partial charge in [-0.3, -0.25) is 0 Å². The normalized spacial score (nSPS) is 16.1. The van der Waals surface area contributed by atoms with Crippen molar-refractivity contribution in [3.05, 3.63) is 35.4 Å². The number of methoxy groups -OCH3 is 1. The average molecular weight is 252 g/mol. The van der Waals surface area contributed by atoms with Gasteiger partial charge in [0.1, 0.15) is 0 Å². The van der Waals surface area contributed by atoms with Crippen LogP contribution in [0, 0.1) is 11.3 Å². The molecule has 3 heteroatoms. The molecule has 0 atom stereocenters. The maximum absolute atomic E-state index is 9.27. The maximum Gasteiger partial charge on any atom is 0.216 e. The molecule has 0 spiro atoms. The summed E-state index contributed by atoms with van der Waals surface area (Å²) in [5, 5.41) is 10.4. The fourth-order valence-electron chi connectivity index (χ4n) is 2.51. The Balaban J connectivity index is 2.16. The SMILES string of the molecule is CCc1cc2ccc(C3(C#N)CC3)cc2nc1OC. The van der Waals surface area contributed by atoms with E-state index in [1.165, 1.54) is 0 Å². The van der Waals surface area contributed by atoms with Crippen LogP contribution in [0.4, 0.5) is 0 Å². The van der Waals surface area contributed by atoms with Gasteiger partial charge in [-0.1, -0.05) is 19.1 Å². The Kier molecular flexibility index (Phi) is 2.67. The van der Waals surface area contributed by atoms with Crippen LogP contribution in [-0.4, -0.2) is 12.1 Å². The van der Waals surface area contributed by atoms with Gasteiger partial charge in [0.15, 0.2) is 0 Å². The van der Waals surface area contributed by atoms with E-state index in [0.29, 0.717) is 5.88 Å². The number of benzene rings is 1. The van der Waals surface area contributed by atoms with Crippen LogP contribution in [0.3, 0.4) is 0 Å². The molecule has 3 nitrogen and oxygen atoms in total. The van der Waals surface area contributed by atoms with Gasteiger partial charge >= 0.3 is 0 Å². The van der Waals surface area contributed by atoms with Crippen molar-refractivity contribution >= 4 is 10.9 Å². The molecule has 1 heterocycles. The minimum atomic E-state index is -0.257. The van der Waals surface area contributed by atoms with Gasteiger partial charge in [-0.15, -0.1) is 0 Å². The number of nitrogens with zero attached hydrogens (tertiary/aromatic N) is 2. The molecule has 2 aromatic rings. The van der Waals surface area contributed by atoms with Crippen molar-refractivity contribution in [2.45, 2.75) is 31.6 Å². The fraction of sp³-hybridized carbons (Fsp3) is 0.375. The lowest BCUT2D eigenvalue weighted by molar-refractivity contribution is 0.395. The molecule has 0 unspecified atom stereocenters. The number of pyridine rings is 1. The molecule has 0 saturated heterocycles. The van der Waals surface area contributed by atoms with Gasteiger partial charge in [0, 0.05) is 10.9 Å². The lowest BCUT2D eigenvalue weighted by Crippen LogP contribution is -2.03. The predicted octanol–water partition coefficient (Wildman–Crippen LogP) is 3.36. The Morgan fingerprint density at radius 2 is 2.16 bits per heavy atom. The fourth-order valence-corrected chi connectivity index (χ4v) is 2.51. The Morgan fingerprint density at radius 1 is 1.37 bits per heavy atom. The highest BCUT2D eigenvalue weighted by atomic mass is 16.5. The van der Waals surface area contributed by atoms with Gasteiger partial charge in [0.2, 0.25) is 5.88 Å². The van der Waals surface area contributed by atoms with Crippen LogP contribution in [0.2, 0.25) is 0 Å². The van der Waals surface area contributed by atoms with E-state index in [4.69, 9.17) is 4.74 Å². The Labute approximate surface area is 112 Å². The van der Waals surface area contributed by atoms with Crippen molar-refractivity contribution in [1.82, 2.24) is 4.98 Å². The first-order valence-corrected chi connectivity index (χ1v) is 6.62. The van der Waals surface area contributed by atoms with Gasteiger partial charge in [0.05, 0.1) is 24.1 Å². The van der Waals surface area contributed by atoms with Crippen molar-refractivity contribution in [2.24, 2.45) is 0 Å². The molecule has 1 aromatic carbocycles. The molecule has 0 bridgehead atoms. The zero-order chi connectivity index (χ0) is 13.5. The number of nitriles is 1. The number of hydrogen-bond acceptors (Lipinski definition) is 3. The minimum absolute atomic E-state index is 0.257. The zero-order valence-corrected chi connectivity index (χ0v) is 11.2. The largest absolute Gasteiger partial charge is 0.481 e. The highest BCUT2D eigenvalue weighted by Gasteiger charge is 2.44. The Morgan fingerprint density at radius 3 is 2.74 bits per heavy atom. The van der Waals surface area contributed by atoms with E-state index in [1.54, 1.807) is 7.11 Å². The van der Waals surface area contributed by atoms with E-state index < -0.39 is 0 Å². The van der Waals surface area contributed by atoms with Crippen molar-refractivity contribution < 1.29 is 4.74 Å². The molecular formula is C16H16N2O. The maximum atomic E-state index is 9.27. The predicted molar refractivity (Wildman–Crippen MR) is 74.2 cm³/mol. The standard InChI is InChI=1S/C16H16N2O/c1-3-11-8-12-4-5-13(16(10-17)6-7-16)9-14(12)18-15(11)19-2/h4-5,8-9H,3,6-7H2,1-2H3. The first kappa shape index (κ1) is 12.0. The third-order valence-corrected chi connectivity index (χ3v) is 3.95. The molecule has 1 saturated carbocycles. The highest BCUT2D eigenvalue weighted by Crippen LogP contribution is 2.48. The van der Waals surface area contributed by atoms with Crippen LogP contribution in [0.1, 0.15) is 30.9 Å². The van der Waals surface area contributed by atoms with Crippen LogP contribution in [0.15, 0.2) is 24.3 Å². The summed E-state index contributed by atoms with van der Waals surface area (Å²) in [7, 11) is 1.65. The summed E-state index contributed by atoms with van der Waals surface area (Å²) in [5.41, 5.74) is 2.85. The average Bonchev–Trinajstić information content (AvgIpc) is 3.26. The summed E-state index contributed by atoms with van der Waals surface area (Å²) >= 11 is 0. The molecule has 0 amide bonds. The summed E-state index contributed by atoms with van der Waals surface area (Å²) in [6.45, 7) is 2.09. The molecule has 0 N–H and O–H groups in total. The van der Waals surface area contributed by atoms with Gasteiger partial charge in [-0.25, -0.2) is 4.98 Å². The smallest absolute Gasteiger partial charge is 0.216 e. The number of hydrogen-bond donors (Lipinski definition) is 0. The van der Waals surface area contributed by atoms with Crippen LogP contribution in [-0.2, 0) is 11.8 Å². The third-order valence-electron chi connectivity index (χ3n) is 3.95. The zero-order valence-electron chi connectivity index (χ0n) is 11.2. The first-order valence-electron chi connectivity index (χ1n) is 6.62. The number of rotatable bonds is 3. The van der Waals surface area contributed by atoms with Crippen molar-refractivity contribution in [1.29, 1.82) is 5.26 Å². The van der Waals surface area contributed by atoms with Crippen LogP contribution in [0.25, 0.3) is 10.9 Å². The van der Waals surface area contributed by atoms with Gasteiger partial charge in [0.25, 0.3) is 0 Å². The summed E-state index contributed by atoms with van der Waals surface area (Å²) in [4.78, 5) is 4.57.